The van der Waals surface area contributed by atoms with Crippen LogP contribution in [0.2, 0.25) is 0 Å². The first-order chi connectivity index (χ1) is 8.51. The van der Waals surface area contributed by atoms with Crippen LogP contribution in [0.15, 0.2) is 36.4 Å². The standard InChI is InChI=1S/C16H24N2/c1-6-13(10-15(17)11(2)3)14-8-7-9-16(18-5)12(14)4/h6-9,15,18H,2,10,17H2,1,3-5H3/b13-6-. The molecule has 98 valence electrons. The molecule has 0 saturated heterocycles. The molecule has 0 saturated carbocycles. The Morgan fingerprint density at radius 1 is 1.50 bits per heavy atom. The van der Waals surface area contributed by atoms with E-state index >= 15 is 0 Å². The summed E-state index contributed by atoms with van der Waals surface area (Å²) in [6.45, 7) is 10.1. The van der Waals surface area contributed by atoms with E-state index in [0.29, 0.717) is 0 Å². The number of allylic oxidation sites excluding steroid dienone is 1. The molecular formula is C16H24N2. The summed E-state index contributed by atoms with van der Waals surface area (Å²) in [4.78, 5) is 0. The van der Waals surface area contributed by atoms with Crippen molar-refractivity contribution < 1.29 is 0 Å². The zero-order chi connectivity index (χ0) is 13.7. The summed E-state index contributed by atoms with van der Waals surface area (Å²) in [6.07, 6.45) is 2.98. The summed E-state index contributed by atoms with van der Waals surface area (Å²) in [5.74, 6) is 0. The van der Waals surface area contributed by atoms with Crippen LogP contribution in [0.25, 0.3) is 5.57 Å². The number of rotatable bonds is 5. The second-order valence-electron chi connectivity index (χ2n) is 4.70. The molecule has 1 atom stereocenters. The maximum Gasteiger partial charge on any atom is 0.0373 e. The van der Waals surface area contributed by atoms with Crippen molar-refractivity contribution in [3.8, 4) is 0 Å². The Labute approximate surface area is 111 Å². The highest BCUT2D eigenvalue weighted by molar-refractivity contribution is 5.73. The van der Waals surface area contributed by atoms with E-state index in [9.17, 15) is 0 Å². The van der Waals surface area contributed by atoms with Gasteiger partial charge in [-0.2, -0.15) is 0 Å². The minimum Gasteiger partial charge on any atom is -0.388 e. The van der Waals surface area contributed by atoms with Gasteiger partial charge in [0.25, 0.3) is 0 Å². The van der Waals surface area contributed by atoms with Gasteiger partial charge >= 0.3 is 0 Å². The van der Waals surface area contributed by atoms with E-state index in [4.69, 9.17) is 5.73 Å². The van der Waals surface area contributed by atoms with Crippen molar-refractivity contribution in [2.24, 2.45) is 5.73 Å². The number of benzene rings is 1. The van der Waals surface area contributed by atoms with Gasteiger partial charge in [0.05, 0.1) is 0 Å². The molecule has 0 aliphatic carbocycles. The second kappa shape index (κ2) is 6.41. The van der Waals surface area contributed by atoms with Crippen LogP contribution in [0.4, 0.5) is 5.69 Å². The van der Waals surface area contributed by atoms with E-state index in [1.54, 1.807) is 0 Å². The molecule has 1 rings (SSSR count). The van der Waals surface area contributed by atoms with Gasteiger partial charge in [-0.15, -0.1) is 0 Å². The van der Waals surface area contributed by atoms with Gasteiger partial charge in [-0.05, 0) is 50.0 Å². The van der Waals surface area contributed by atoms with E-state index in [-0.39, 0.29) is 6.04 Å². The molecular weight excluding hydrogens is 220 g/mol. The highest BCUT2D eigenvalue weighted by Gasteiger charge is 2.11. The van der Waals surface area contributed by atoms with Crippen LogP contribution >= 0.6 is 0 Å². The normalized spacial score (nSPS) is 13.3. The molecule has 0 fully saturated rings. The summed E-state index contributed by atoms with van der Waals surface area (Å²) in [5, 5.41) is 3.21. The minimum absolute atomic E-state index is 0.0221. The second-order valence-corrected chi connectivity index (χ2v) is 4.70. The van der Waals surface area contributed by atoms with E-state index in [0.717, 1.165) is 17.7 Å². The highest BCUT2D eigenvalue weighted by Crippen LogP contribution is 2.28. The van der Waals surface area contributed by atoms with Crippen LogP contribution in [0, 0.1) is 6.92 Å². The Morgan fingerprint density at radius 2 is 2.17 bits per heavy atom. The Kier molecular flexibility index (Phi) is 5.17. The predicted octanol–water partition coefficient (Wildman–Crippen LogP) is 3.73. The number of nitrogens with one attached hydrogen (secondary N) is 1. The maximum absolute atomic E-state index is 6.09. The zero-order valence-corrected chi connectivity index (χ0v) is 11.9. The molecule has 0 aliphatic rings. The number of hydrogen-bond donors (Lipinski definition) is 2. The Balaban J connectivity index is 3.07. The lowest BCUT2D eigenvalue weighted by Gasteiger charge is -2.17. The van der Waals surface area contributed by atoms with Crippen LogP contribution in [-0.4, -0.2) is 13.1 Å². The van der Waals surface area contributed by atoms with E-state index < -0.39 is 0 Å². The van der Waals surface area contributed by atoms with Crippen molar-refractivity contribution in [3.05, 3.63) is 47.6 Å². The van der Waals surface area contributed by atoms with Crippen LogP contribution in [-0.2, 0) is 0 Å². The Morgan fingerprint density at radius 3 is 2.67 bits per heavy atom. The molecule has 0 amide bonds. The maximum atomic E-state index is 6.09. The predicted molar refractivity (Wildman–Crippen MR) is 81.8 cm³/mol. The minimum atomic E-state index is 0.0221. The number of hydrogen-bond acceptors (Lipinski definition) is 2. The molecule has 2 heteroatoms. The molecule has 1 aromatic rings. The van der Waals surface area contributed by atoms with Gasteiger partial charge in [0.2, 0.25) is 0 Å². The quantitative estimate of drug-likeness (QED) is 0.774. The third kappa shape index (κ3) is 3.23. The summed E-state index contributed by atoms with van der Waals surface area (Å²) in [5.41, 5.74) is 12.1. The topological polar surface area (TPSA) is 38.0 Å². The SMILES string of the molecule is C=C(C)C(N)C/C(=C/C)c1cccc(NC)c1C. The molecule has 18 heavy (non-hydrogen) atoms. The molecule has 0 aromatic heterocycles. The molecule has 3 N–H and O–H groups in total. The first kappa shape index (κ1) is 14.5. The fourth-order valence-corrected chi connectivity index (χ4v) is 2.05. The molecule has 0 bridgehead atoms. The van der Waals surface area contributed by atoms with E-state index in [1.807, 2.05) is 14.0 Å². The van der Waals surface area contributed by atoms with Crippen molar-refractivity contribution in [2.75, 3.05) is 12.4 Å². The van der Waals surface area contributed by atoms with Gasteiger partial charge in [0.15, 0.2) is 0 Å². The van der Waals surface area contributed by atoms with E-state index in [2.05, 4.69) is 50.0 Å². The third-order valence-corrected chi connectivity index (χ3v) is 3.37. The van der Waals surface area contributed by atoms with Crippen LogP contribution in [0.3, 0.4) is 0 Å². The van der Waals surface area contributed by atoms with Crippen molar-refractivity contribution >= 4 is 11.3 Å². The molecule has 0 heterocycles. The largest absolute Gasteiger partial charge is 0.388 e. The Hall–Kier alpha value is -1.54. The lowest BCUT2D eigenvalue weighted by atomic mass is 9.92. The van der Waals surface area contributed by atoms with Gasteiger partial charge in [0, 0.05) is 18.8 Å². The van der Waals surface area contributed by atoms with Gasteiger partial charge in [0.1, 0.15) is 0 Å². The van der Waals surface area contributed by atoms with Crippen molar-refractivity contribution in [1.29, 1.82) is 0 Å². The van der Waals surface area contributed by atoms with Gasteiger partial charge in [-0.3, -0.25) is 0 Å². The molecule has 0 radical (unpaired) electrons. The fraction of sp³-hybridized carbons (Fsp3) is 0.375. The first-order valence-electron chi connectivity index (χ1n) is 6.35. The lowest BCUT2D eigenvalue weighted by molar-refractivity contribution is 0.796. The lowest BCUT2D eigenvalue weighted by Crippen LogP contribution is -2.21. The smallest absolute Gasteiger partial charge is 0.0373 e. The molecule has 1 unspecified atom stereocenters. The average molecular weight is 244 g/mol. The molecule has 0 spiro atoms. The average Bonchev–Trinajstić information content (AvgIpc) is 2.36. The highest BCUT2D eigenvalue weighted by atomic mass is 14.8. The summed E-state index contributed by atoms with van der Waals surface area (Å²) >= 11 is 0. The summed E-state index contributed by atoms with van der Waals surface area (Å²) in [7, 11) is 1.95. The van der Waals surface area contributed by atoms with Crippen molar-refractivity contribution in [2.45, 2.75) is 33.2 Å². The Bertz CT molecular complexity index is 458. The molecule has 1 aromatic carbocycles. The fourth-order valence-electron chi connectivity index (χ4n) is 2.05. The number of nitrogens with two attached hydrogens (primary N) is 1. The molecule has 0 aliphatic heterocycles. The molecule has 2 nitrogen and oxygen atoms in total. The van der Waals surface area contributed by atoms with Crippen LogP contribution in [0.1, 0.15) is 31.4 Å². The van der Waals surface area contributed by atoms with Crippen LogP contribution in [0.5, 0.6) is 0 Å². The summed E-state index contributed by atoms with van der Waals surface area (Å²) < 4.78 is 0. The summed E-state index contributed by atoms with van der Waals surface area (Å²) in [6, 6.07) is 6.33. The number of anilines is 1. The third-order valence-electron chi connectivity index (χ3n) is 3.37. The van der Waals surface area contributed by atoms with Gasteiger partial charge in [-0.1, -0.05) is 30.4 Å². The van der Waals surface area contributed by atoms with Crippen molar-refractivity contribution in [1.82, 2.24) is 0 Å². The van der Waals surface area contributed by atoms with Gasteiger partial charge in [-0.25, -0.2) is 0 Å². The van der Waals surface area contributed by atoms with Gasteiger partial charge < -0.3 is 11.1 Å². The van der Waals surface area contributed by atoms with Crippen LogP contribution < -0.4 is 11.1 Å². The van der Waals surface area contributed by atoms with Crippen molar-refractivity contribution in [3.63, 3.8) is 0 Å². The first-order valence-corrected chi connectivity index (χ1v) is 6.35. The zero-order valence-electron chi connectivity index (χ0n) is 11.9. The van der Waals surface area contributed by atoms with E-state index in [1.165, 1.54) is 16.7 Å². The monoisotopic (exact) mass is 244 g/mol.